The smallest absolute Gasteiger partial charge is 0.196 e. The molecule has 3 heterocycles. The van der Waals surface area contributed by atoms with Gasteiger partial charge in [-0.3, -0.25) is 0 Å². The molecule has 4 rings (SSSR count). The maximum absolute atomic E-state index is 6.03. The number of anilines is 1. The van der Waals surface area contributed by atoms with Crippen molar-refractivity contribution in [3.05, 3.63) is 30.6 Å². The van der Waals surface area contributed by atoms with Crippen LogP contribution in [0.4, 0.5) is 5.82 Å². The molecule has 6 nitrogen and oxygen atoms in total. The van der Waals surface area contributed by atoms with Gasteiger partial charge in [0.15, 0.2) is 11.4 Å². The summed E-state index contributed by atoms with van der Waals surface area (Å²) in [5.41, 5.74) is 2.52. The van der Waals surface area contributed by atoms with Crippen molar-refractivity contribution >= 4 is 27.9 Å². The molecule has 0 aliphatic carbocycles. The maximum Gasteiger partial charge on any atom is 0.196 e. The standard InChI is InChI=1S/C18H21N3O3/c1-22-8-9-23-11-13-6-7-21(10-13)18-17-16(19-12-20-18)14-4-2-3-5-15(14)24-17/h2-5,12-13H,6-11H2,1H3. The maximum atomic E-state index is 6.03. The molecule has 0 saturated carbocycles. The molecule has 126 valence electrons. The van der Waals surface area contributed by atoms with Crippen LogP contribution in [0.25, 0.3) is 22.1 Å². The van der Waals surface area contributed by atoms with Crippen molar-refractivity contribution in [3.63, 3.8) is 0 Å². The molecule has 1 aliphatic heterocycles. The van der Waals surface area contributed by atoms with Crippen LogP contribution < -0.4 is 4.90 Å². The summed E-state index contributed by atoms with van der Waals surface area (Å²) < 4.78 is 16.7. The Morgan fingerprint density at radius 2 is 2.17 bits per heavy atom. The normalized spacial score (nSPS) is 18.0. The number of methoxy groups -OCH3 is 1. The Labute approximate surface area is 140 Å². The van der Waals surface area contributed by atoms with E-state index < -0.39 is 0 Å². The molecular formula is C18H21N3O3. The van der Waals surface area contributed by atoms with E-state index >= 15 is 0 Å². The fourth-order valence-corrected chi connectivity index (χ4v) is 3.29. The molecule has 1 saturated heterocycles. The van der Waals surface area contributed by atoms with Gasteiger partial charge in [0.2, 0.25) is 0 Å². The summed E-state index contributed by atoms with van der Waals surface area (Å²) in [4.78, 5) is 11.2. The topological polar surface area (TPSA) is 60.6 Å². The molecule has 0 bridgehead atoms. The monoisotopic (exact) mass is 327 g/mol. The minimum Gasteiger partial charge on any atom is -0.450 e. The SMILES string of the molecule is COCCOCC1CCN(c2ncnc3c2oc2ccccc23)C1. The Bertz CT molecular complexity index is 833. The predicted molar refractivity (Wildman–Crippen MR) is 92.3 cm³/mol. The Morgan fingerprint density at radius 1 is 1.25 bits per heavy atom. The summed E-state index contributed by atoms with van der Waals surface area (Å²) in [6, 6.07) is 7.98. The van der Waals surface area contributed by atoms with E-state index in [0.29, 0.717) is 19.1 Å². The molecule has 2 aromatic heterocycles. The number of rotatable bonds is 6. The van der Waals surface area contributed by atoms with E-state index in [0.717, 1.165) is 54.0 Å². The lowest BCUT2D eigenvalue weighted by molar-refractivity contribution is 0.0549. The molecule has 1 unspecified atom stereocenters. The Morgan fingerprint density at radius 3 is 3.08 bits per heavy atom. The first-order valence-electron chi connectivity index (χ1n) is 8.30. The van der Waals surface area contributed by atoms with Crippen LogP contribution in [0.5, 0.6) is 0 Å². The van der Waals surface area contributed by atoms with E-state index in [4.69, 9.17) is 13.9 Å². The molecule has 1 aliphatic rings. The van der Waals surface area contributed by atoms with Gasteiger partial charge in [-0.25, -0.2) is 9.97 Å². The van der Waals surface area contributed by atoms with Gasteiger partial charge in [-0.15, -0.1) is 0 Å². The van der Waals surface area contributed by atoms with Gasteiger partial charge in [-0.1, -0.05) is 12.1 Å². The molecule has 3 aromatic rings. The molecule has 0 radical (unpaired) electrons. The van der Waals surface area contributed by atoms with Crippen LogP contribution in [0.1, 0.15) is 6.42 Å². The van der Waals surface area contributed by atoms with Crippen LogP contribution in [0.2, 0.25) is 0 Å². The number of fused-ring (bicyclic) bond motifs is 3. The van der Waals surface area contributed by atoms with E-state index in [1.54, 1.807) is 13.4 Å². The van der Waals surface area contributed by atoms with E-state index in [2.05, 4.69) is 14.9 Å². The zero-order valence-corrected chi connectivity index (χ0v) is 13.8. The molecule has 0 spiro atoms. The number of nitrogens with zero attached hydrogens (tertiary/aromatic N) is 3. The highest BCUT2D eigenvalue weighted by Crippen LogP contribution is 2.34. The third kappa shape index (κ3) is 2.83. The summed E-state index contributed by atoms with van der Waals surface area (Å²) in [5, 5.41) is 1.04. The van der Waals surface area contributed by atoms with Gasteiger partial charge in [0.05, 0.1) is 19.8 Å². The van der Waals surface area contributed by atoms with E-state index in [1.165, 1.54) is 0 Å². The largest absolute Gasteiger partial charge is 0.450 e. The number of ether oxygens (including phenoxy) is 2. The predicted octanol–water partition coefficient (Wildman–Crippen LogP) is 2.87. The zero-order valence-electron chi connectivity index (χ0n) is 13.8. The zero-order chi connectivity index (χ0) is 16.4. The number of furan rings is 1. The average Bonchev–Trinajstić information content (AvgIpc) is 3.23. The molecular weight excluding hydrogens is 306 g/mol. The second-order valence-corrected chi connectivity index (χ2v) is 6.14. The Balaban J connectivity index is 1.54. The van der Waals surface area contributed by atoms with Crippen LogP contribution in [-0.2, 0) is 9.47 Å². The average molecular weight is 327 g/mol. The summed E-state index contributed by atoms with van der Waals surface area (Å²) in [7, 11) is 1.69. The summed E-state index contributed by atoms with van der Waals surface area (Å²) in [6.45, 7) is 3.93. The van der Waals surface area contributed by atoms with Gasteiger partial charge in [0, 0.05) is 31.5 Å². The minimum absolute atomic E-state index is 0.510. The van der Waals surface area contributed by atoms with Crippen LogP contribution in [-0.4, -0.2) is 50.0 Å². The lowest BCUT2D eigenvalue weighted by Crippen LogP contribution is -2.22. The molecule has 1 atom stereocenters. The second kappa shape index (κ2) is 6.75. The van der Waals surface area contributed by atoms with Gasteiger partial charge in [0.1, 0.15) is 17.4 Å². The molecule has 0 N–H and O–H groups in total. The highest BCUT2D eigenvalue weighted by molar-refractivity contribution is 6.05. The number of para-hydroxylation sites is 1. The van der Waals surface area contributed by atoms with Crippen molar-refractivity contribution in [1.29, 1.82) is 0 Å². The van der Waals surface area contributed by atoms with Gasteiger partial charge >= 0.3 is 0 Å². The third-order valence-corrected chi connectivity index (χ3v) is 4.51. The summed E-state index contributed by atoms with van der Waals surface area (Å²) in [5.74, 6) is 1.40. The number of hydrogen-bond acceptors (Lipinski definition) is 6. The molecule has 0 amide bonds. The van der Waals surface area contributed by atoms with Crippen molar-refractivity contribution in [2.75, 3.05) is 44.9 Å². The van der Waals surface area contributed by atoms with Gasteiger partial charge in [-0.2, -0.15) is 0 Å². The molecule has 6 heteroatoms. The fraction of sp³-hybridized carbons (Fsp3) is 0.444. The molecule has 1 aromatic carbocycles. The first-order chi connectivity index (χ1) is 11.9. The minimum atomic E-state index is 0.510. The first-order valence-corrected chi connectivity index (χ1v) is 8.30. The van der Waals surface area contributed by atoms with E-state index in [-0.39, 0.29) is 0 Å². The number of hydrogen-bond donors (Lipinski definition) is 0. The lowest BCUT2D eigenvalue weighted by atomic mass is 10.1. The van der Waals surface area contributed by atoms with Crippen LogP contribution in [0, 0.1) is 5.92 Å². The Kier molecular flexibility index (Phi) is 4.32. The van der Waals surface area contributed by atoms with Gasteiger partial charge < -0.3 is 18.8 Å². The van der Waals surface area contributed by atoms with Crippen LogP contribution >= 0.6 is 0 Å². The van der Waals surface area contributed by atoms with Crippen molar-refractivity contribution in [2.45, 2.75) is 6.42 Å². The van der Waals surface area contributed by atoms with Crippen molar-refractivity contribution in [1.82, 2.24) is 9.97 Å². The van der Waals surface area contributed by atoms with E-state index in [9.17, 15) is 0 Å². The third-order valence-electron chi connectivity index (χ3n) is 4.51. The van der Waals surface area contributed by atoms with Crippen molar-refractivity contribution in [2.24, 2.45) is 5.92 Å². The fourth-order valence-electron chi connectivity index (χ4n) is 3.29. The van der Waals surface area contributed by atoms with Gasteiger partial charge in [-0.05, 0) is 18.6 Å². The molecule has 24 heavy (non-hydrogen) atoms. The highest BCUT2D eigenvalue weighted by Gasteiger charge is 2.26. The Hall–Kier alpha value is -2.18. The first kappa shape index (κ1) is 15.4. The lowest BCUT2D eigenvalue weighted by Gasteiger charge is -2.17. The quantitative estimate of drug-likeness (QED) is 0.649. The van der Waals surface area contributed by atoms with Crippen LogP contribution in [0.15, 0.2) is 35.0 Å². The van der Waals surface area contributed by atoms with Gasteiger partial charge in [0.25, 0.3) is 0 Å². The summed E-state index contributed by atoms with van der Waals surface area (Å²) >= 11 is 0. The summed E-state index contributed by atoms with van der Waals surface area (Å²) in [6.07, 6.45) is 2.72. The van der Waals surface area contributed by atoms with E-state index in [1.807, 2.05) is 24.3 Å². The van der Waals surface area contributed by atoms with Crippen molar-refractivity contribution < 1.29 is 13.9 Å². The second-order valence-electron chi connectivity index (χ2n) is 6.14. The van der Waals surface area contributed by atoms with Crippen LogP contribution in [0.3, 0.4) is 0 Å². The molecule has 1 fully saturated rings. The van der Waals surface area contributed by atoms with Crippen molar-refractivity contribution in [3.8, 4) is 0 Å². The number of aromatic nitrogens is 2. The number of benzene rings is 1. The highest BCUT2D eigenvalue weighted by atomic mass is 16.5.